The number of nitriles is 1. The van der Waals surface area contributed by atoms with Crippen LogP contribution in [0.15, 0.2) is 42.5 Å². The molecule has 0 radical (unpaired) electrons. The molecule has 0 fully saturated rings. The van der Waals surface area contributed by atoms with Crippen molar-refractivity contribution in [2.75, 3.05) is 14.2 Å². The average molecular weight is 285 g/mol. The van der Waals surface area contributed by atoms with Gasteiger partial charge in [0.05, 0.1) is 26.2 Å². The Morgan fingerprint density at radius 1 is 1.10 bits per heavy atom. The van der Waals surface area contributed by atoms with E-state index < -0.39 is 5.92 Å². The summed E-state index contributed by atoms with van der Waals surface area (Å²) in [6.07, 6.45) is 0.414. The lowest BCUT2D eigenvalue weighted by Gasteiger charge is -2.13. The number of ether oxygens (including phenoxy) is 2. The molecule has 0 aromatic heterocycles. The maximum Gasteiger partial charge on any atom is 0.160 e. The van der Waals surface area contributed by atoms with E-state index >= 15 is 0 Å². The molecule has 0 aliphatic carbocycles. The van der Waals surface area contributed by atoms with Crippen LogP contribution in [0.4, 0.5) is 4.39 Å². The highest BCUT2D eigenvalue weighted by atomic mass is 19.1. The minimum Gasteiger partial charge on any atom is -0.493 e. The molecular formula is C17H16FNO2. The van der Waals surface area contributed by atoms with Crippen LogP contribution in [-0.4, -0.2) is 14.2 Å². The Morgan fingerprint density at radius 2 is 1.81 bits per heavy atom. The van der Waals surface area contributed by atoms with Crippen LogP contribution in [0.2, 0.25) is 0 Å². The molecule has 0 aliphatic heterocycles. The van der Waals surface area contributed by atoms with Crippen LogP contribution in [0.25, 0.3) is 0 Å². The Kier molecular flexibility index (Phi) is 4.78. The summed E-state index contributed by atoms with van der Waals surface area (Å²) >= 11 is 0. The maximum absolute atomic E-state index is 13.8. The van der Waals surface area contributed by atoms with Gasteiger partial charge in [-0.2, -0.15) is 5.26 Å². The van der Waals surface area contributed by atoms with Gasteiger partial charge >= 0.3 is 0 Å². The Hall–Kier alpha value is -2.54. The zero-order valence-electron chi connectivity index (χ0n) is 12.0. The number of hydrogen-bond donors (Lipinski definition) is 0. The van der Waals surface area contributed by atoms with Crippen molar-refractivity contribution in [3.63, 3.8) is 0 Å². The summed E-state index contributed by atoms with van der Waals surface area (Å²) in [5, 5.41) is 9.32. The second-order valence-electron chi connectivity index (χ2n) is 4.60. The van der Waals surface area contributed by atoms with Gasteiger partial charge in [0.2, 0.25) is 0 Å². The van der Waals surface area contributed by atoms with Crippen LogP contribution >= 0.6 is 0 Å². The third-order valence-corrected chi connectivity index (χ3v) is 3.32. The molecule has 0 heterocycles. The fourth-order valence-corrected chi connectivity index (χ4v) is 2.23. The first kappa shape index (κ1) is 14.9. The van der Waals surface area contributed by atoms with Crippen LogP contribution in [0.1, 0.15) is 17.0 Å². The monoisotopic (exact) mass is 285 g/mol. The fourth-order valence-electron chi connectivity index (χ4n) is 2.23. The molecule has 108 valence electrons. The number of nitrogens with zero attached hydrogens (tertiary/aromatic N) is 1. The molecule has 4 heteroatoms. The zero-order chi connectivity index (χ0) is 15.2. The number of halogens is 1. The number of hydrogen-bond acceptors (Lipinski definition) is 3. The van der Waals surface area contributed by atoms with Crippen LogP contribution in [0, 0.1) is 17.1 Å². The normalized spacial score (nSPS) is 11.5. The Bertz CT molecular complexity index is 664. The number of rotatable bonds is 5. The molecule has 1 unspecified atom stereocenters. The first-order chi connectivity index (χ1) is 10.2. The van der Waals surface area contributed by atoms with E-state index in [1.54, 1.807) is 38.5 Å². The van der Waals surface area contributed by atoms with E-state index in [0.717, 1.165) is 5.56 Å². The molecule has 0 spiro atoms. The molecule has 0 saturated heterocycles. The maximum atomic E-state index is 13.8. The molecule has 21 heavy (non-hydrogen) atoms. The lowest BCUT2D eigenvalue weighted by molar-refractivity contribution is 0.354. The first-order valence-corrected chi connectivity index (χ1v) is 6.54. The van der Waals surface area contributed by atoms with Gasteiger partial charge in [0.25, 0.3) is 0 Å². The summed E-state index contributed by atoms with van der Waals surface area (Å²) in [7, 11) is 3.12. The summed E-state index contributed by atoms with van der Waals surface area (Å²) in [6.45, 7) is 0. The predicted octanol–water partition coefficient (Wildman–Crippen LogP) is 3.69. The van der Waals surface area contributed by atoms with Crippen molar-refractivity contribution in [2.24, 2.45) is 0 Å². The SMILES string of the molecule is COc1ccc(CC(C#N)c2ccccc2F)cc1OC. The van der Waals surface area contributed by atoms with Crippen molar-refractivity contribution in [1.82, 2.24) is 0 Å². The van der Waals surface area contributed by atoms with Gasteiger partial charge in [-0.05, 0) is 30.2 Å². The van der Waals surface area contributed by atoms with Crippen molar-refractivity contribution in [1.29, 1.82) is 5.26 Å². The zero-order valence-corrected chi connectivity index (χ0v) is 12.0. The molecule has 2 aromatic carbocycles. The van der Waals surface area contributed by atoms with E-state index in [-0.39, 0.29) is 5.82 Å². The minimum atomic E-state index is -0.538. The first-order valence-electron chi connectivity index (χ1n) is 6.54. The van der Waals surface area contributed by atoms with E-state index in [4.69, 9.17) is 9.47 Å². The third-order valence-electron chi connectivity index (χ3n) is 3.32. The third kappa shape index (κ3) is 3.32. The van der Waals surface area contributed by atoms with E-state index in [0.29, 0.717) is 23.5 Å². The minimum absolute atomic E-state index is 0.357. The van der Waals surface area contributed by atoms with Crippen molar-refractivity contribution in [2.45, 2.75) is 12.3 Å². The van der Waals surface area contributed by atoms with Crippen molar-refractivity contribution in [3.05, 3.63) is 59.4 Å². The molecule has 2 rings (SSSR count). The Balaban J connectivity index is 2.28. The van der Waals surface area contributed by atoms with Gasteiger partial charge in [0.1, 0.15) is 5.82 Å². The van der Waals surface area contributed by atoms with Crippen molar-refractivity contribution in [3.8, 4) is 17.6 Å². The molecule has 0 bridgehead atoms. The van der Waals surface area contributed by atoms with Gasteiger partial charge in [0.15, 0.2) is 11.5 Å². The summed E-state index contributed by atoms with van der Waals surface area (Å²) in [6, 6.07) is 14.0. The molecule has 1 atom stereocenters. The molecule has 0 saturated carbocycles. The second kappa shape index (κ2) is 6.76. The molecular weight excluding hydrogens is 269 g/mol. The lowest BCUT2D eigenvalue weighted by atomic mass is 9.92. The van der Waals surface area contributed by atoms with E-state index in [9.17, 15) is 9.65 Å². The second-order valence-corrected chi connectivity index (χ2v) is 4.60. The smallest absolute Gasteiger partial charge is 0.160 e. The largest absolute Gasteiger partial charge is 0.493 e. The van der Waals surface area contributed by atoms with E-state index in [1.165, 1.54) is 6.07 Å². The topological polar surface area (TPSA) is 42.2 Å². The van der Waals surface area contributed by atoms with Gasteiger partial charge in [-0.25, -0.2) is 4.39 Å². The highest BCUT2D eigenvalue weighted by Crippen LogP contribution is 2.30. The van der Waals surface area contributed by atoms with Gasteiger partial charge in [0, 0.05) is 5.56 Å². The van der Waals surface area contributed by atoms with Crippen LogP contribution in [0.3, 0.4) is 0 Å². The van der Waals surface area contributed by atoms with Crippen LogP contribution in [-0.2, 0) is 6.42 Å². The van der Waals surface area contributed by atoms with E-state index in [2.05, 4.69) is 6.07 Å². The number of methoxy groups -OCH3 is 2. The van der Waals surface area contributed by atoms with Gasteiger partial charge in [-0.15, -0.1) is 0 Å². The number of benzene rings is 2. The summed E-state index contributed by atoms with van der Waals surface area (Å²) in [4.78, 5) is 0. The van der Waals surface area contributed by atoms with Crippen molar-refractivity contribution < 1.29 is 13.9 Å². The highest BCUT2D eigenvalue weighted by Gasteiger charge is 2.16. The van der Waals surface area contributed by atoms with Gasteiger partial charge < -0.3 is 9.47 Å². The Morgan fingerprint density at radius 3 is 2.43 bits per heavy atom. The standard InChI is InChI=1S/C17H16FNO2/c1-20-16-8-7-12(10-17(16)21-2)9-13(11-19)14-5-3-4-6-15(14)18/h3-8,10,13H,9H2,1-2H3. The van der Waals surface area contributed by atoms with Crippen LogP contribution < -0.4 is 9.47 Å². The molecule has 3 nitrogen and oxygen atoms in total. The molecule has 0 aliphatic rings. The molecule has 0 amide bonds. The van der Waals surface area contributed by atoms with Crippen molar-refractivity contribution >= 4 is 0 Å². The van der Waals surface area contributed by atoms with Gasteiger partial charge in [-0.3, -0.25) is 0 Å². The predicted molar refractivity (Wildman–Crippen MR) is 78.0 cm³/mol. The summed E-state index contributed by atoms with van der Waals surface area (Å²) in [5.41, 5.74) is 1.30. The van der Waals surface area contributed by atoms with Crippen LogP contribution in [0.5, 0.6) is 11.5 Å². The average Bonchev–Trinajstić information content (AvgIpc) is 2.53. The fraction of sp³-hybridized carbons (Fsp3) is 0.235. The summed E-state index contributed by atoms with van der Waals surface area (Å²) in [5.74, 6) is 0.328. The lowest BCUT2D eigenvalue weighted by Crippen LogP contribution is -2.03. The molecule has 2 aromatic rings. The molecule has 0 N–H and O–H groups in total. The van der Waals surface area contributed by atoms with E-state index in [1.807, 2.05) is 12.1 Å². The highest BCUT2D eigenvalue weighted by molar-refractivity contribution is 5.44. The Labute approximate surface area is 123 Å². The summed E-state index contributed by atoms with van der Waals surface area (Å²) < 4.78 is 24.2. The van der Waals surface area contributed by atoms with Gasteiger partial charge in [-0.1, -0.05) is 24.3 Å². The quantitative estimate of drug-likeness (QED) is 0.841.